The van der Waals surface area contributed by atoms with Gasteiger partial charge in [0, 0.05) is 30.0 Å². The van der Waals surface area contributed by atoms with Crippen molar-refractivity contribution in [2.24, 2.45) is 0 Å². The number of carbonyl (C=O) groups excluding carboxylic acids is 1. The van der Waals surface area contributed by atoms with Gasteiger partial charge in [-0.2, -0.15) is 4.31 Å². The van der Waals surface area contributed by atoms with Crippen molar-refractivity contribution >= 4 is 37.5 Å². The molecule has 1 N–H and O–H groups in total. The molecule has 13 heteroatoms. The molecular weight excluding hydrogens is 573 g/mol. The van der Waals surface area contributed by atoms with Gasteiger partial charge in [0.1, 0.15) is 11.9 Å². The van der Waals surface area contributed by atoms with E-state index in [9.17, 15) is 32.8 Å². The third-order valence-corrected chi connectivity index (χ3v) is 8.44. The number of benzene rings is 2. The summed E-state index contributed by atoms with van der Waals surface area (Å²) in [6, 6.07) is 7.09. The summed E-state index contributed by atoms with van der Waals surface area (Å²) < 4.78 is 48.5. The summed E-state index contributed by atoms with van der Waals surface area (Å²) in [5, 5.41) is 22.4. The minimum absolute atomic E-state index is 0.0915. The molecule has 3 rings (SSSR count). The Balaban J connectivity index is 1.94. The number of aliphatic hydroxyl groups excluding tert-OH is 1. The van der Waals surface area contributed by atoms with Gasteiger partial charge in [0.05, 0.1) is 16.6 Å². The fourth-order valence-corrected chi connectivity index (χ4v) is 6.27. The van der Waals surface area contributed by atoms with Crippen molar-refractivity contribution in [2.75, 3.05) is 13.1 Å². The van der Waals surface area contributed by atoms with Crippen molar-refractivity contribution in [3.8, 4) is 0 Å². The van der Waals surface area contributed by atoms with Crippen LogP contribution in [0.3, 0.4) is 0 Å². The van der Waals surface area contributed by atoms with Gasteiger partial charge >= 0.3 is 0 Å². The zero-order valence-corrected chi connectivity index (χ0v) is 23.2. The zero-order chi connectivity index (χ0) is 27.7. The molecule has 1 fully saturated rings. The molecule has 1 unspecified atom stereocenters. The van der Waals surface area contributed by atoms with E-state index in [4.69, 9.17) is 4.74 Å². The van der Waals surface area contributed by atoms with E-state index >= 15 is 0 Å². The van der Waals surface area contributed by atoms with Gasteiger partial charge in [-0.1, -0.05) is 34.1 Å². The van der Waals surface area contributed by atoms with E-state index in [1.54, 1.807) is 26.8 Å². The van der Waals surface area contributed by atoms with Crippen LogP contribution in [0.25, 0.3) is 0 Å². The molecule has 0 saturated carbocycles. The smallest absolute Gasteiger partial charge is 0.289 e. The number of amides is 1. The van der Waals surface area contributed by atoms with Crippen LogP contribution >= 0.6 is 15.9 Å². The quantitative estimate of drug-likeness (QED) is 0.278. The topological polar surface area (TPSA) is 130 Å². The Labute approximate surface area is 223 Å². The summed E-state index contributed by atoms with van der Waals surface area (Å²) in [6.45, 7) is 6.19. The second-order valence-corrected chi connectivity index (χ2v) is 12.5. The highest BCUT2D eigenvalue weighted by Crippen LogP contribution is 2.31. The van der Waals surface area contributed by atoms with Crippen LogP contribution in [0.15, 0.2) is 51.8 Å². The van der Waals surface area contributed by atoms with Crippen molar-refractivity contribution in [1.29, 1.82) is 0 Å². The Hall–Kier alpha value is -2.45. The second-order valence-electron chi connectivity index (χ2n) is 9.68. The van der Waals surface area contributed by atoms with Gasteiger partial charge < -0.3 is 14.7 Å². The number of hydrogen-bond donors (Lipinski definition) is 1. The number of aliphatic hydroxyl groups is 1. The van der Waals surface area contributed by atoms with Crippen molar-refractivity contribution in [1.82, 2.24) is 9.21 Å². The first-order valence-corrected chi connectivity index (χ1v) is 13.7. The number of ether oxygens (including phenoxy) is 1. The number of carbonyl (C=O) groups is 1. The first-order valence-electron chi connectivity index (χ1n) is 11.5. The van der Waals surface area contributed by atoms with E-state index < -0.39 is 61.2 Å². The first-order chi connectivity index (χ1) is 17.1. The molecule has 2 aromatic rings. The highest BCUT2D eigenvalue weighted by molar-refractivity contribution is 9.10. The number of nitro benzene ring substituents is 1. The maximum absolute atomic E-state index is 14.7. The number of sulfonamides is 1. The van der Waals surface area contributed by atoms with Crippen LogP contribution in [0.1, 0.15) is 33.3 Å². The Bertz CT molecular complexity index is 1290. The molecule has 37 heavy (non-hydrogen) atoms. The Morgan fingerprint density at radius 1 is 1.24 bits per heavy atom. The molecule has 1 amide bonds. The molecule has 0 spiro atoms. The molecule has 0 radical (unpaired) electrons. The number of halogens is 2. The molecule has 1 aliphatic rings. The third kappa shape index (κ3) is 6.52. The standard InChI is InChI=1S/C24H29BrFN3O7S/c1-15-22(30)27(11-12-28(15)37(34,35)21-8-6-5-7-19(21)29(32)33)20(23(31)36-24(2,3)4)13-16-9-10-17(25)14-18(16)26/h5-10,14-15,20,23,31H,11-13H2,1-4H3/t15-,20-,23?/m0/s1. The number of hydrogen-bond acceptors (Lipinski definition) is 7. The summed E-state index contributed by atoms with van der Waals surface area (Å²) >= 11 is 3.20. The van der Waals surface area contributed by atoms with E-state index in [1.807, 2.05) is 0 Å². The lowest BCUT2D eigenvalue weighted by Crippen LogP contribution is -2.62. The minimum atomic E-state index is -4.40. The molecule has 202 valence electrons. The van der Waals surface area contributed by atoms with Crippen molar-refractivity contribution < 1.29 is 32.4 Å². The molecule has 1 heterocycles. The maximum Gasteiger partial charge on any atom is 0.289 e. The molecule has 0 aromatic heterocycles. The van der Waals surface area contributed by atoms with Crippen molar-refractivity contribution in [3.63, 3.8) is 0 Å². The lowest BCUT2D eigenvalue weighted by Gasteiger charge is -2.44. The molecule has 3 atom stereocenters. The fourth-order valence-electron chi connectivity index (χ4n) is 4.20. The molecular formula is C24H29BrFN3O7S. The number of nitro groups is 1. The SMILES string of the molecule is C[C@H]1C(=O)N([C@@H](Cc2ccc(Br)cc2F)C(O)OC(C)(C)C)CCN1S(=O)(=O)c1ccccc1[N+](=O)[O-]. The highest BCUT2D eigenvalue weighted by Gasteiger charge is 2.45. The van der Waals surface area contributed by atoms with Gasteiger partial charge in [-0.25, -0.2) is 12.8 Å². The van der Waals surface area contributed by atoms with Crippen LogP contribution in [0.5, 0.6) is 0 Å². The van der Waals surface area contributed by atoms with E-state index in [0.717, 1.165) is 16.4 Å². The average Bonchev–Trinajstić information content (AvgIpc) is 2.79. The first kappa shape index (κ1) is 29.1. The van der Waals surface area contributed by atoms with Gasteiger partial charge in [0.15, 0.2) is 11.2 Å². The van der Waals surface area contributed by atoms with Gasteiger partial charge in [-0.15, -0.1) is 0 Å². The van der Waals surface area contributed by atoms with Crippen LogP contribution in [-0.2, 0) is 26.0 Å². The van der Waals surface area contributed by atoms with Crippen molar-refractivity contribution in [3.05, 3.63) is 68.4 Å². The third-order valence-electron chi connectivity index (χ3n) is 5.93. The van der Waals surface area contributed by atoms with Crippen LogP contribution in [-0.4, -0.2) is 70.6 Å². The van der Waals surface area contributed by atoms with Crippen molar-refractivity contribution in [2.45, 2.75) is 63.0 Å². The summed E-state index contributed by atoms with van der Waals surface area (Å²) in [5.41, 5.74) is -1.15. The van der Waals surface area contributed by atoms with Gasteiger partial charge in [0.25, 0.3) is 15.7 Å². The molecule has 1 aliphatic heterocycles. The van der Waals surface area contributed by atoms with E-state index in [2.05, 4.69) is 15.9 Å². The lowest BCUT2D eigenvalue weighted by atomic mass is 10.0. The van der Waals surface area contributed by atoms with Crippen LogP contribution in [0, 0.1) is 15.9 Å². The number of rotatable bonds is 8. The fraction of sp³-hybridized carbons (Fsp3) is 0.458. The monoisotopic (exact) mass is 601 g/mol. The molecule has 10 nitrogen and oxygen atoms in total. The van der Waals surface area contributed by atoms with Gasteiger partial charge in [0.2, 0.25) is 5.91 Å². The summed E-state index contributed by atoms with van der Waals surface area (Å²) in [6.07, 6.45) is -1.59. The molecule has 2 aromatic carbocycles. The Morgan fingerprint density at radius 3 is 2.49 bits per heavy atom. The predicted molar refractivity (Wildman–Crippen MR) is 137 cm³/mol. The van der Waals surface area contributed by atoms with E-state index in [1.165, 1.54) is 36.1 Å². The number of piperazine rings is 1. The zero-order valence-electron chi connectivity index (χ0n) is 20.8. The Kier molecular flexibility index (Phi) is 8.75. The molecule has 1 saturated heterocycles. The molecule has 0 aliphatic carbocycles. The highest BCUT2D eigenvalue weighted by atomic mass is 79.9. The maximum atomic E-state index is 14.7. The summed E-state index contributed by atoms with van der Waals surface area (Å²) in [7, 11) is -4.40. The van der Waals surface area contributed by atoms with Gasteiger partial charge in [-0.05, 0) is 51.5 Å². The average molecular weight is 602 g/mol. The minimum Gasteiger partial charge on any atom is -0.366 e. The molecule has 0 bridgehead atoms. The largest absolute Gasteiger partial charge is 0.366 e. The van der Waals surface area contributed by atoms with Gasteiger partial charge in [-0.3, -0.25) is 14.9 Å². The number of nitrogens with zero attached hydrogens (tertiary/aromatic N) is 3. The van der Waals surface area contributed by atoms with Crippen LogP contribution in [0.4, 0.5) is 10.1 Å². The van der Waals surface area contributed by atoms with E-state index in [0.29, 0.717) is 4.47 Å². The Morgan fingerprint density at radius 2 is 1.89 bits per heavy atom. The lowest BCUT2D eigenvalue weighted by molar-refractivity contribution is -0.387. The summed E-state index contributed by atoms with van der Waals surface area (Å²) in [4.78, 5) is 24.9. The van der Waals surface area contributed by atoms with Crippen LogP contribution < -0.4 is 0 Å². The second kappa shape index (κ2) is 11.1. The predicted octanol–water partition coefficient (Wildman–Crippen LogP) is 3.46. The number of para-hydroxylation sites is 1. The van der Waals surface area contributed by atoms with E-state index in [-0.39, 0.29) is 25.1 Å². The van der Waals surface area contributed by atoms with Crippen LogP contribution in [0.2, 0.25) is 0 Å². The summed E-state index contributed by atoms with van der Waals surface area (Å²) in [5.74, 6) is -1.19. The normalized spacial score (nSPS) is 19.1.